The molecule has 1 aliphatic carbocycles. The number of piperazine rings is 1. The zero-order valence-corrected chi connectivity index (χ0v) is 24.6. The molecule has 1 amide bonds. The molecule has 2 saturated heterocycles. The number of fused-ring (bicyclic) bond motifs is 1. The molecule has 1 N–H and O–H groups in total. The van der Waals surface area contributed by atoms with Crippen molar-refractivity contribution in [3.05, 3.63) is 58.4 Å². The van der Waals surface area contributed by atoms with Crippen LogP contribution in [0, 0.1) is 0 Å². The van der Waals surface area contributed by atoms with Gasteiger partial charge in [0.1, 0.15) is 5.75 Å². The van der Waals surface area contributed by atoms with E-state index in [1.807, 2.05) is 11.0 Å². The number of hydrogen-bond donors (Lipinski definition) is 1. The molecule has 42 heavy (non-hydrogen) atoms. The van der Waals surface area contributed by atoms with Crippen LogP contribution in [0.5, 0.6) is 5.75 Å². The number of pyridine rings is 1. The summed E-state index contributed by atoms with van der Waals surface area (Å²) in [5, 5.41) is 3.10. The number of methoxy groups -OCH3 is 2. The molecule has 5 rings (SSSR count). The van der Waals surface area contributed by atoms with Crippen molar-refractivity contribution in [2.45, 2.75) is 37.9 Å². The fourth-order valence-corrected chi connectivity index (χ4v) is 6.20. The number of halogens is 3. The maximum atomic E-state index is 13.7. The standard InChI is InChI=1S/C31H40F3N5O3/c1-37-13-15-38(16-14-37)24-8-11-39(12-9-24)30(40)22-5-4-21(28(19-22)42-3)18-23-20-27(35-10-17-41-2)29-25(31(32,33)34)6-7-26(29)36-23/h4-6,19-20,24H,7-18H2,1-3H3,(H,35,36). The molecule has 0 unspecified atom stereocenters. The fourth-order valence-electron chi connectivity index (χ4n) is 6.20. The summed E-state index contributed by atoms with van der Waals surface area (Å²) in [5.41, 5.74) is 2.21. The zero-order valence-electron chi connectivity index (χ0n) is 24.6. The van der Waals surface area contributed by atoms with E-state index in [4.69, 9.17) is 9.47 Å². The number of nitrogens with one attached hydrogen (secondary N) is 1. The third-order valence-electron chi connectivity index (χ3n) is 8.55. The normalized spacial score (nSPS) is 18.6. The van der Waals surface area contributed by atoms with Gasteiger partial charge in [0.15, 0.2) is 0 Å². The second kappa shape index (κ2) is 13.0. The summed E-state index contributed by atoms with van der Waals surface area (Å²) in [6.45, 7) is 6.51. The Morgan fingerprint density at radius 3 is 2.48 bits per heavy atom. The highest BCUT2D eigenvalue weighted by molar-refractivity contribution is 5.95. The van der Waals surface area contributed by atoms with E-state index in [1.54, 1.807) is 32.4 Å². The van der Waals surface area contributed by atoms with Gasteiger partial charge in [-0.25, -0.2) is 0 Å². The number of piperidine rings is 1. The molecule has 8 nitrogen and oxygen atoms in total. The van der Waals surface area contributed by atoms with Crippen LogP contribution in [0.15, 0.2) is 30.3 Å². The number of benzene rings is 1. The lowest BCUT2D eigenvalue weighted by Gasteiger charge is -2.42. The zero-order chi connectivity index (χ0) is 29.9. The Labute approximate surface area is 245 Å². The summed E-state index contributed by atoms with van der Waals surface area (Å²) < 4.78 is 51.9. The first-order valence-electron chi connectivity index (χ1n) is 14.6. The largest absolute Gasteiger partial charge is 0.496 e. The maximum absolute atomic E-state index is 13.7. The Morgan fingerprint density at radius 1 is 1.07 bits per heavy atom. The number of ether oxygens (including phenoxy) is 2. The van der Waals surface area contributed by atoms with Gasteiger partial charge in [-0.1, -0.05) is 12.1 Å². The number of hydrogen-bond acceptors (Lipinski definition) is 7. The Morgan fingerprint density at radius 2 is 1.81 bits per heavy atom. The smallest absolute Gasteiger partial charge is 0.416 e. The van der Waals surface area contributed by atoms with Crippen LogP contribution >= 0.6 is 0 Å². The number of anilines is 1. The van der Waals surface area contributed by atoms with E-state index in [0.717, 1.165) is 57.7 Å². The summed E-state index contributed by atoms with van der Waals surface area (Å²) in [6.07, 6.45) is -0.856. The number of nitrogens with zero attached hydrogens (tertiary/aromatic N) is 4. The van der Waals surface area contributed by atoms with Crippen molar-refractivity contribution in [3.63, 3.8) is 0 Å². The van der Waals surface area contributed by atoms with Crippen molar-refractivity contribution in [2.75, 3.05) is 79.0 Å². The minimum atomic E-state index is -4.46. The molecule has 2 aliphatic heterocycles. The van der Waals surface area contributed by atoms with Crippen molar-refractivity contribution >= 4 is 17.2 Å². The van der Waals surface area contributed by atoms with Crippen LogP contribution in [-0.2, 0) is 17.6 Å². The Balaban J connectivity index is 1.29. The van der Waals surface area contributed by atoms with Gasteiger partial charge in [-0.3, -0.25) is 14.7 Å². The molecule has 2 fully saturated rings. The SMILES string of the molecule is COCCNc1cc(Cc2ccc(C(=O)N3CCC(N4CCN(C)CC4)CC3)cc2OC)nc2c1C(C(F)(F)F)=CC2. The molecule has 0 bridgehead atoms. The van der Waals surface area contributed by atoms with Crippen molar-refractivity contribution in [1.29, 1.82) is 0 Å². The minimum Gasteiger partial charge on any atom is -0.496 e. The summed E-state index contributed by atoms with van der Waals surface area (Å²) in [7, 11) is 5.26. The molecule has 1 aromatic heterocycles. The van der Waals surface area contributed by atoms with Crippen molar-refractivity contribution in [1.82, 2.24) is 19.7 Å². The fraction of sp³-hybridized carbons (Fsp3) is 0.548. The number of aromatic nitrogens is 1. The molecule has 2 aromatic rings. The van der Waals surface area contributed by atoms with Gasteiger partial charge >= 0.3 is 6.18 Å². The second-order valence-electron chi connectivity index (χ2n) is 11.3. The summed E-state index contributed by atoms with van der Waals surface area (Å²) in [4.78, 5) is 24.8. The predicted molar refractivity (Wildman–Crippen MR) is 156 cm³/mol. The Bertz CT molecular complexity index is 1300. The molecular weight excluding hydrogens is 547 g/mol. The summed E-state index contributed by atoms with van der Waals surface area (Å²) in [5.74, 6) is 0.543. The van der Waals surface area contributed by atoms with E-state index >= 15 is 0 Å². The van der Waals surface area contributed by atoms with Crippen molar-refractivity contribution < 1.29 is 27.4 Å². The number of carbonyl (C=O) groups excluding carboxylic acids is 1. The van der Waals surface area contributed by atoms with Crippen LogP contribution in [0.2, 0.25) is 0 Å². The maximum Gasteiger partial charge on any atom is 0.416 e. The number of alkyl halides is 3. The van der Waals surface area contributed by atoms with Gasteiger partial charge in [0.05, 0.1) is 25.0 Å². The molecule has 3 aliphatic rings. The van der Waals surface area contributed by atoms with Gasteiger partial charge in [-0.2, -0.15) is 13.2 Å². The van der Waals surface area contributed by atoms with Crippen LogP contribution in [0.1, 0.15) is 45.7 Å². The number of rotatable bonds is 9. The molecule has 1 aromatic carbocycles. The highest BCUT2D eigenvalue weighted by atomic mass is 19.4. The van der Waals surface area contributed by atoms with Crippen LogP contribution < -0.4 is 10.1 Å². The van der Waals surface area contributed by atoms with E-state index in [2.05, 4.69) is 27.1 Å². The molecule has 3 heterocycles. The molecule has 11 heteroatoms. The average Bonchev–Trinajstić information content (AvgIpc) is 3.43. The summed E-state index contributed by atoms with van der Waals surface area (Å²) in [6, 6.07) is 7.62. The van der Waals surface area contributed by atoms with Crippen LogP contribution in [0.4, 0.5) is 18.9 Å². The van der Waals surface area contributed by atoms with Crippen LogP contribution in [0.3, 0.4) is 0 Å². The molecule has 0 radical (unpaired) electrons. The van der Waals surface area contributed by atoms with Crippen molar-refractivity contribution in [3.8, 4) is 5.75 Å². The van der Waals surface area contributed by atoms with E-state index in [1.165, 1.54) is 6.08 Å². The van der Waals surface area contributed by atoms with E-state index in [-0.39, 0.29) is 17.9 Å². The van der Waals surface area contributed by atoms with E-state index < -0.39 is 11.7 Å². The van der Waals surface area contributed by atoms with Gasteiger partial charge < -0.3 is 24.6 Å². The third kappa shape index (κ3) is 6.74. The Kier molecular flexibility index (Phi) is 9.39. The van der Waals surface area contributed by atoms with Crippen LogP contribution in [0.25, 0.3) is 5.57 Å². The van der Waals surface area contributed by atoms with E-state index in [0.29, 0.717) is 54.0 Å². The Hall–Kier alpha value is -3.15. The highest BCUT2D eigenvalue weighted by Gasteiger charge is 2.40. The minimum absolute atomic E-state index is 0.0114. The molecule has 0 saturated carbocycles. The third-order valence-corrected chi connectivity index (χ3v) is 8.55. The predicted octanol–water partition coefficient (Wildman–Crippen LogP) is 4.09. The molecule has 0 spiro atoms. The average molecular weight is 588 g/mol. The van der Waals surface area contributed by atoms with E-state index in [9.17, 15) is 18.0 Å². The lowest BCUT2D eigenvalue weighted by molar-refractivity contribution is -0.0687. The molecule has 0 atom stereocenters. The molecular formula is C31H40F3N5O3. The van der Waals surface area contributed by atoms with Crippen LogP contribution in [-0.4, -0.2) is 111 Å². The van der Waals surface area contributed by atoms with Gasteiger partial charge in [-0.05, 0) is 38.1 Å². The number of amides is 1. The first kappa shape index (κ1) is 30.3. The van der Waals surface area contributed by atoms with Gasteiger partial charge in [0, 0.05) is 99.9 Å². The number of allylic oxidation sites excluding steroid dienone is 2. The molecule has 228 valence electrons. The first-order valence-corrected chi connectivity index (χ1v) is 14.6. The number of carbonyl (C=O) groups is 1. The monoisotopic (exact) mass is 587 g/mol. The second-order valence-corrected chi connectivity index (χ2v) is 11.3. The highest BCUT2D eigenvalue weighted by Crippen LogP contribution is 2.43. The lowest BCUT2D eigenvalue weighted by Crippen LogP contribution is -2.52. The number of likely N-dealkylation sites (N-methyl/N-ethyl adjacent to an activating group) is 1. The lowest BCUT2D eigenvalue weighted by atomic mass is 9.99. The van der Waals surface area contributed by atoms with Gasteiger partial charge in [0.2, 0.25) is 0 Å². The quantitative estimate of drug-likeness (QED) is 0.444. The number of likely N-dealkylation sites (tertiary alicyclic amines) is 1. The topological polar surface area (TPSA) is 70.2 Å². The van der Waals surface area contributed by atoms with Crippen molar-refractivity contribution in [2.24, 2.45) is 0 Å². The summed E-state index contributed by atoms with van der Waals surface area (Å²) >= 11 is 0. The van der Waals surface area contributed by atoms with Gasteiger partial charge in [-0.15, -0.1) is 0 Å². The van der Waals surface area contributed by atoms with Gasteiger partial charge in [0.25, 0.3) is 5.91 Å². The first-order chi connectivity index (χ1) is 20.2.